The van der Waals surface area contributed by atoms with Gasteiger partial charge in [-0.1, -0.05) is 158 Å². The molecule has 7 aromatic carbocycles. The van der Waals surface area contributed by atoms with E-state index in [-0.39, 0.29) is 0 Å². The highest BCUT2D eigenvalue weighted by Gasteiger charge is 2.16. The summed E-state index contributed by atoms with van der Waals surface area (Å²) in [5.74, 6) is 3.72. The van der Waals surface area contributed by atoms with Crippen LogP contribution in [0.4, 0.5) is 0 Å². The first-order valence-corrected chi connectivity index (χ1v) is 18.0. The molecule has 0 amide bonds. The zero-order valence-corrected chi connectivity index (χ0v) is 29.4. The summed E-state index contributed by atoms with van der Waals surface area (Å²) in [4.78, 5) is 29.3. The highest BCUT2D eigenvalue weighted by atomic mass is 16.3. The first-order chi connectivity index (χ1) is 27.2. The second-order valence-electron chi connectivity index (χ2n) is 13.2. The number of aromatic nitrogens is 6. The maximum absolute atomic E-state index is 6.41. The molecule has 10 rings (SSSR count). The van der Waals surface area contributed by atoms with Crippen molar-refractivity contribution < 1.29 is 4.42 Å². The monoisotopic (exact) mass is 706 g/mol. The molecule has 0 saturated heterocycles. The van der Waals surface area contributed by atoms with E-state index in [2.05, 4.69) is 48.5 Å². The highest BCUT2D eigenvalue weighted by Crippen LogP contribution is 2.36. The van der Waals surface area contributed by atoms with E-state index in [1.54, 1.807) is 0 Å². The highest BCUT2D eigenvalue weighted by molar-refractivity contribution is 6.07. The summed E-state index contributed by atoms with van der Waals surface area (Å²) in [7, 11) is 0. The lowest BCUT2D eigenvalue weighted by Gasteiger charge is -2.09. The molecule has 7 heteroatoms. The molecule has 10 aromatic rings. The van der Waals surface area contributed by atoms with Gasteiger partial charge in [0.1, 0.15) is 11.2 Å². The van der Waals surface area contributed by atoms with E-state index in [0.29, 0.717) is 34.9 Å². The van der Waals surface area contributed by atoms with Gasteiger partial charge < -0.3 is 4.42 Å². The Morgan fingerprint density at radius 1 is 0.236 bits per heavy atom. The van der Waals surface area contributed by atoms with Crippen molar-refractivity contribution in [2.45, 2.75) is 0 Å². The maximum Gasteiger partial charge on any atom is 0.164 e. The van der Waals surface area contributed by atoms with Crippen LogP contribution in [-0.2, 0) is 0 Å². The smallest absolute Gasteiger partial charge is 0.164 e. The molecule has 0 saturated carbocycles. The lowest BCUT2D eigenvalue weighted by molar-refractivity contribution is 0.669. The third-order valence-corrected chi connectivity index (χ3v) is 9.60. The van der Waals surface area contributed by atoms with Gasteiger partial charge in [0, 0.05) is 44.2 Å². The summed E-state index contributed by atoms with van der Waals surface area (Å²) in [5, 5.41) is 2.05. The molecule has 0 spiro atoms. The first-order valence-electron chi connectivity index (χ1n) is 18.0. The molecule has 0 fully saturated rings. The Kier molecular flexibility index (Phi) is 8.00. The third kappa shape index (κ3) is 6.30. The molecule has 0 radical (unpaired) electrons. The summed E-state index contributed by atoms with van der Waals surface area (Å²) in [6.45, 7) is 0. The number of rotatable bonds is 7. The van der Waals surface area contributed by atoms with Crippen molar-refractivity contribution in [2.75, 3.05) is 0 Å². The molecule has 0 atom stereocenters. The van der Waals surface area contributed by atoms with Crippen LogP contribution in [0.1, 0.15) is 0 Å². The number of benzene rings is 7. The van der Waals surface area contributed by atoms with Crippen LogP contribution in [0.2, 0.25) is 0 Å². The number of hydrogen-bond donors (Lipinski definition) is 0. The van der Waals surface area contributed by atoms with E-state index in [0.717, 1.165) is 66.4 Å². The van der Waals surface area contributed by atoms with E-state index >= 15 is 0 Å². The molecule has 55 heavy (non-hydrogen) atoms. The molecule has 258 valence electrons. The van der Waals surface area contributed by atoms with E-state index in [4.69, 9.17) is 34.3 Å². The number of furan rings is 1. The Hall–Kier alpha value is -7.64. The molecule has 0 bridgehead atoms. The Labute approximate surface area is 316 Å². The lowest BCUT2D eigenvalue weighted by Crippen LogP contribution is -2.00. The van der Waals surface area contributed by atoms with Crippen molar-refractivity contribution in [2.24, 2.45) is 0 Å². The van der Waals surface area contributed by atoms with Crippen LogP contribution < -0.4 is 0 Å². The van der Waals surface area contributed by atoms with E-state index in [1.165, 1.54) is 0 Å². The maximum atomic E-state index is 6.41. The van der Waals surface area contributed by atoms with Crippen LogP contribution in [0, 0.1) is 0 Å². The minimum atomic E-state index is 0.584. The largest absolute Gasteiger partial charge is 0.456 e. The van der Waals surface area contributed by atoms with Gasteiger partial charge in [0.25, 0.3) is 0 Å². The molecule has 7 nitrogen and oxygen atoms in total. The molecule has 0 aliphatic heterocycles. The van der Waals surface area contributed by atoms with Gasteiger partial charge in [-0.3, -0.25) is 0 Å². The topological polar surface area (TPSA) is 90.5 Å². The van der Waals surface area contributed by atoms with Gasteiger partial charge in [-0.15, -0.1) is 0 Å². The molecule has 0 aliphatic rings. The normalized spacial score (nSPS) is 11.3. The average Bonchev–Trinajstić information content (AvgIpc) is 3.65. The number of nitrogens with zero attached hydrogens (tertiary/aromatic N) is 6. The second kappa shape index (κ2) is 13.7. The van der Waals surface area contributed by atoms with Gasteiger partial charge >= 0.3 is 0 Å². The first kappa shape index (κ1) is 32.0. The predicted molar refractivity (Wildman–Crippen MR) is 219 cm³/mol. The van der Waals surface area contributed by atoms with Crippen LogP contribution in [0.5, 0.6) is 0 Å². The van der Waals surface area contributed by atoms with Crippen LogP contribution in [0.25, 0.3) is 101 Å². The fourth-order valence-electron chi connectivity index (χ4n) is 6.78. The van der Waals surface area contributed by atoms with E-state index < -0.39 is 0 Å². The van der Waals surface area contributed by atoms with Crippen LogP contribution >= 0.6 is 0 Å². The van der Waals surface area contributed by atoms with Gasteiger partial charge in [-0.2, -0.15) is 0 Å². The molecular formula is C48H30N6O. The van der Waals surface area contributed by atoms with E-state index in [9.17, 15) is 0 Å². The molecule has 0 aliphatic carbocycles. The second-order valence-corrected chi connectivity index (χ2v) is 13.2. The van der Waals surface area contributed by atoms with Crippen molar-refractivity contribution in [1.82, 2.24) is 29.9 Å². The summed E-state index contributed by atoms with van der Waals surface area (Å²) in [5.41, 5.74) is 9.22. The Morgan fingerprint density at radius 3 is 1.02 bits per heavy atom. The van der Waals surface area contributed by atoms with Crippen LogP contribution in [0.15, 0.2) is 186 Å². The fourth-order valence-corrected chi connectivity index (χ4v) is 6.78. The van der Waals surface area contributed by atoms with Crippen molar-refractivity contribution in [1.29, 1.82) is 0 Å². The van der Waals surface area contributed by atoms with Crippen molar-refractivity contribution in [3.8, 4) is 79.5 Å². The molecular weight excluding hydrogens is 677 g/mol. The average molecular weight is 707 g/mol. The number of hydrogen-bond acceptors (Lipinski definition) is 7. The summed E-state index contributed by atoms with van der Waals surface area (Å²) in [6, 6.07) is 60.8. The summed E-state index contributed by atoms with van der Waals surface area (Å²) < 4.78 is 6.41. The lowest BCUT2D eigenvalue weighted by atomic mass is 10.0. The van der Waals surface area contributed by atoms with Crippen LogP contribution in [-0.4, -0.2) is 29.9 Å². The van der Waals surface area contributed by atoms with Crippen molar-refractivity contribution in [3.05, 3.63) is 182 Å². The third-order valence-electron chi connectivity index (χ3n) is 9.60. The van der Waals surface area contributed by atoms with E-state index in [1.807, 2.05) is 133 Å². The van der Waals surface area contributed by atoms with Gasteiger partial charge in [0.2, 0.25) is 0 Å². The molecule has 3 aromatic heterocycles. The molecule has 0 N–H and O–H groups in total. The fraction of sp³-hybridized carbons (Fsp3) is 0. The number of fused-ring (bicyclic) bond motifs is 3. The molecule has 0 unspecified atom stereocenters. The standard InChI is InChI=1S/C48H30N6O/c1-5-13-32(14-6-1)43-49-44(33-15-7-2-8-16-33)52-47(51-43)36-23-21-31(22-24-36)37-26-28-41-40(29-37)39-27-25-38(30-42(39)55-41)48-53-45(34-17-9-3-10-18-34)50-46(54-48)35-19-11-4-12-20-35/h1-30H. The Balaban J connectivity index is 0.995. The SMILES string of the molecule is c1ccc(-c2nc(-c3ccccc3)nc(-c3ccc(-c4ccc5oc6cc(-c7nc(-c8ccccc8)nc(-c8ccccc8)n7)ccc6c5c4)cc3)n2)cc1. The zero-order valence-electron chi connectivity index (χ0n) is 29.4. The zero-order chi connectivity index (χ0) is 36.6. The van der Waals surface area contributed by atoms with Crippen molar-refractivity contribution in [3.63, 3.8) is 0 Å². The van der Waals surface area contributed by atoms with Crippen molar-refractivity contribution >= 4 is 21.9 Å². The van der Waals surface area contributed by atoms with Gasteiger partial charge in [0.05, 0.1) is 0 Å². The van der Waals surface area contributed by atoms with Gasteiger partial charge in [-0.25, -0.2) is 29.9 Å². The minimum absolute atomic E-state index is 0.584. The Bertz CT molecular complexity index is 2840. The quantitative estimate of drug-likeness (QED) is 0.163. The minimum Gasteiger partial charge on any atom is -0.456 e. The predicted octanol–water partition coefficient (Wildman–Crippen LogP) is 11.6. The van der Waals surface area contributed by atoms with Gasteiger partial charge in [-0.05, 0) is 35.4 Å². The van der Waals surface area contributed by atoms with Gasteiger partial charge in [0.15, 0.2) is 34.9 Å². The molecule has 3 heterocycles. The summed E-state index contributed by atoms with van der Waals surface area (Å²) in [6.07, 6.45) is 0. The Morgan fingerprint density at radius 2 is 0.582 bits per heavy atom. The summed E-state index contributed by atoms with van der Waals surface area (Å²) >= 11 is 0. The van der Waals surface area contributed by atoms with Crippen LogP contribution in [0.3, 0.4) is 0 Å².